The Hall–Kier alpha value is -3.02. The normalized spacial score (nSPS) is 15.1. The summed E-state index contributed by atoms with van der Waals surface area (Å²) in [5.41, 5.74) is 2.92. The molecular formula is C21H22N4O2. The van der Waals surface area contributed by atoms with Crippen LogP contribution in [0.25, 0.3) is 22.0 Å². The summed E-state index contributed by atoms with van der Waals surface area (Å²) in [7, 11) is 0. The molecule has 27 heavy (non-hydrogen) atoms. The van der Waals surface area contributed by atoms with Gasteiger partial charge in [0.15, 0.2) is 0 Å². The molecule has 1 saturated heterocycles. The summed E-state index contributed by atoms with van der Waals surface area (Å²) in [6.07, 6.45) is 6.74. The van der Waals surface area contributed by atoms with Crippen LogP contribution in [0, 0.1) is 5.92 Å². The highest BCUT2D eigenvalue weighted by Crippen LogP contribution is 2.30. The second-order valence-corrected chi connectivity index (χ2v) is 6.69. The van der Waals surface area contributed by atoms with Crippen molar-refractivity contribution in [3.63, 3.8) is 0 Å². The van der Waals surface area contributed by atoms with Crippen LogP contribution in [-0.2, 0) is 9.53 Å². The standard InChI is InChI=1S/C21H22N4O2/c1-2-27-21(26)16-8-10-25(11-9-16)19-7-6-15-4-3-5-18(20(15)24-19)17-12-22-14-23-13-17/h3-7,12-14,16H,2,8-11H2,1H3. The minimum absolute atomic E-state index is 0.00122. The van der Waals surface area contributed by atoms with Crippen molar-refractivity contribution in [3.05, 3.63) is 49.1 Å². The zero-order valence-electron chi connectivity index (χ0n) is 15.3. The van der Waals surface area contributed by atoms with E-state index in [9.17, 15) is 4.79 Å². The molecule has 0 saturated carbocycles. The Balaban J connectivity index is 1.60. The summed E-state index contributed by atoms with van der Waals surface area (Å²) in [5.74, 6) is 0.864. The van der Waals surface area contributed by atoms with Crippen LogP contribution in [0.2, 0.25) is 0 Å². The number of para-hydroxylation sites is 1. The number of benzene rings is 1. The van der Waals surface area contributed by atoms with E-state index in [0.717, 1.165) is 53.8 Å². The number of hydrogen-bond donors (Lipinski definition) is 0. The van der Waals surface area contributed by atoms with Crippen molar-refractivity contribution >= 4 is 22.7 Å². The number of aromatic nitrogens is 3. The molecule has 6 heteroatoms. The van der Waals surface area contributed by atoms with Crippen LogP contribution in [0.3, 0.4) is 0 Å². The molecule has 0 N–H and O–H groups in total. The fraction of sp³-hybridized carbons (Fsp3) is 0.333. The molecule has 1 fully saturated rings. The first-order chi connectivity index (χ1) is 13.3. The van der Waals surface area contributed by atoms with Crippen LogP contribution in [0.15, 0.2) is 49.1 Å². The van der Waals surface area contributed by atoms with Gasteiger partial charge in [-0.2, -0.15) is 0 Å². The molecule has 1 aliphatic rings. The van der Waals surface area contributed by atoms with Crippen LogP contribution >= 0.6 is 0 Å². The van der Waals surface area contributed by atoms with Crippen molar-refractivity contribution in [3.8, 4) is 11.1 Å². The number of nitrogens with zero attached hydrogens (tertiary/aromatic N) is 4. The fourth-order valence-electron chi connectivity index (χ4n) is 3.59. The van der Waals surface area contributed by atoms with E-state index < -0.39 is 0 Å². The largest absolute Gasteiger partial charge is 0.466 e. The number of ether oxygens (including phenoxy) is 1. The van der Waals surface area contributed by atoms with Gasteiger partial charge in [-0.3, -0.25) is 4.79 Å². The molecule has 3 aromatic rings. The minimum Gasteiger partial charge on any atom is -0.466 e. The van der Waals surface area contributed by atoms with Crippen molar-refractivity contribution in [2.24, 2.45) is 5.92 Å². The van der Waals surface area contributed by atoms with Gasteiger partial charge in [-0.15, -0.1) is 0 Å². The fourth-order valence-corrected chi connectivity index (χ4v) is 3.59. The molecule has 138 valence electrons. The Bertz CT molecular complexity index is 937. The molecule has 0 atom stereocenters. The Labute approximate surface area is 158 Å². The third-order valence-corrected chi connectivity index (χ3v) is 5.02. The van der Waals surface area contributed by atoms with Crippen LogP contribution < -0.4 is 4.90 Å². The maximum absolute atomic E-state index is 11.9. The minimum atomic E-state index is -0.0741. The molecule has 0 amide bonds. The Morgan fingerprint density at radius 2 is 1.93 bits per heavy atom. The van der Waals surface area contributed by atoms with Gasteiger partial charge in [0.2, 0.25) is 0 Å². The lowest BCUT2D eigenvalue weighted by Crippen LogP contribution is -2.37. The van der Waals surface area contributed by atoms with E-state index in [4.69, 9.17) is 9.72 Å². The van der Waals surface area contributed by atoms with Gasteiger partial charge in [0.05, 0.1) is 18.0 Å². The molecule has 6 nitrogen and oxygen atoms in total. The smallest absolute Gasteiger partial charge is 0.309 e. The molecule has 3 heterocycles. The lowest BCUT2D eigenvalue weighted by atomic mass is 9.97. The maximum atomic E-state index is 11.9. The molecule has 2 aromatic heterocycles. The molecule has 4 rings (SSSR count). The first-order valence-electron chi connectivity index (χ1n) is 9.33. The Morgan fingerprint density at radius 1 is 1.15 bits per heavy atom. The van der Waals surface area contributed by atoms with Crippen LogP contribution in [0.5, 0.6) is 0 Å². The summed E-state index contributed by atoms with van der Waals surface area (Å²) < 4.78 is 5.16. The number of carbonyl (C=O) groups is 1. The van der Waals surface area contributed by atoms with Gasteiger partial charge in [0.1, 0.15) is 12.1 Å². The van der Waals surface area contributed by atoms with Gasteiger partial charge < -0.3 is 9.64 Å². The molecule has 0 spiro atoms. The monoisotopic (exact) mass is 362 g/mol. The van der Waals surface area contributed by atoms with E-state index in [0.29, 0.717) is 6.61 Å². The number of fused-ring (bicyclic) bond motifs is 1. The quantitative estimate of drug-likeness (QED) is 0.662. The van der Waals surface area contributed by atoms with E-state index in [2.05, 4.69) is 33.1 Å². The van der Waals surface area contributed by atoms with E-state index in [-0.39, 0.29) is 11.9 Å². The number of esters is 1. The molecule has 1 aliphatic heterocycles. The third kappa shape index (κ3) is 3.60. The average Bonchev–Trinajstić information content (AvgIpc) is 2.74. The predicted molar refractivity (Wildman–Crippen MR) is 104 cm³/mol. The molecular weight excluding hydrogens is 340 g/mol. The third-order valence-electron chi connectivity index (χ3n) is 5.02. The highest BCUT2D eigenvalue weighted by molar-refractivity contribution is 5.94. The lowest BCUT2D eigenvalue weighted by molar-refractivity contribution is -0.148. The number of pyridine rings is 1. The highest BCUT2D eigenvalue weighted by atomic mass is 16.5. The van der Waals surface area contributed by atoms with Gasteiger partial charge in [-0.25, -0.2) is 15.0 Å². The number of piperidine rings is 1. The Kier molecular flexibility index (Phi) is 4.96. The maximum Gasteiger partial charge on any atom is 0.309 e. The van der Waals surface area contributed by atoms with Gasteiger partial charge >= 0.3 is 5.97 Å². The molecule has 0 aliphatic carbocycles. The SMILES string of the molecule is CCOC(=O)C1CCN(c2ccc3cccc(-c4cncnc4)c3n2)CC1. The summed E-state index contributed by atoms with van der Waals surface area (Å²) in [6.45, 7) is 3.90. The summed E-state index contributed by atoms with van der Waals surface area (Å²) in [6, 6.07) is 10.3. The summed E-state index contributed by atoms with van der Waals surface area (Å²) in [4.78, 5) is 27.4. The van der Waals surface area contributed by atoms with Gasteiger partial charge in [-0.1, -0.05) is 18.2 Å². The van der Waals surface area contributed by atoms with E-state index in [1.165, 1.54) is 6.33 Å². The topological polar surface area (TPSA) is 68.2 Å². The molecule has 0 unspecified atom stereocenters. The number of hydrogen-bond acceptors (Lipinski definition) is 6. The van der Waals surface area contributed by atoms with Crippen molar-refractivity contribution in [2.45, 2.75) is 19.8 Å². The number of rotatable bonds is 4. The van der Waals surface area contributed by atoms with Crippen LogP contribution in [0.4, 0.5) is 5.82 Å². The first-order valence-corrected chi connectivity index (χ1v) is 9.33. The molecule has 0 bridgehead atoms. The van der Waals surface area contributed by atoms with Crippen molar-refractivity contribution in [2.75, 3.05) is 24.6 Å². The molecule has 1 aromatic carbocycles. The van der Waals surface area contributed by atoms with Gasteiger partial charge in [0, 0.05) is 42.0 Å². The second-order valence-electron chi connectivity index (χ2n) is 6.69. The van der Waals surface area contributed by atoms with Crippen molar-refractivity contribution < 1.29 is 9.53 Å². The van der Waals surface area contributed by atoms with E-state index in [1.54, 1.807) is 12.4 Å². The number of carbonyl (C=O) groups excluding carboxylic acids is 1. The predicted octanol–water partition coefficient (Wildman–Crippen LogP) is 3.47. The van der Waals surface area contributed by atoms with Gasteiger partial charge in [0.25, 0.3) is 0 Å². The zero-order valence-corrected chi connectivity index (χ0v) is 15.3. The average molecular weight is 362 g/mol. The summed E-state index contributed by atoms with van der Waals surface area (Å²) >= 11 is 0. The van der Waals surface area contributed by atoms with Crippen LogP contribution in [-0.4, -0.2) is 40.6 Å². The molecule has 0 radical (unpaired) electrons. The van der Waals surface area contributed by atoms with Crippen molar-refractivity contribution in [1.82, 2.24) is 15.0 Å². The number of anilines is 1. The zero-order chi connectivity index (χ0) is 18.6. The highest BCUT2D eigenvalue weighted by Gasteiger charge is 2.26. The van der Waals surface area contributed by atoms with E-state index >= 15 is 0 Å². The van der Waals surface area contributed by atoms with E-state index in [1.807, 2.05) is 19.1 Å². The van der Waals surface area contributed by atoms with Gasteiger partial charge in [-0.05, 0) is 31.9 Å². The van der Waals surface area contributed by atoms with Crippen molar-refractivity contribution in [1.29, 1.82) is 0 Å². The summed E-state index contributed by atoms with van der Waals surface area (Å²) in [5, 5.41) is 1.08. The van der Waals surface area contributed by atoms with Crippen LogP contribution in [0.1, 0.15) is 19.8 Å². The lowest BCUT2D eigenvalue weighted by Gasteiger charge is -2.31. The second kappa shape index (κ2) is 7.70. The Morgan fingerprint density at radius 3 is 2.67 bits per heavy atom. The first kappa shape index (κ1) is 17.4.